The summed E-state index contributed by atoms with van der Waals surface area (Å²) in [4.78, 5) is 35.8. The van der Waals surface area contributed by atoms with Crippen LogP contribution in [0.5, 0.6) is 0 Å². The van der Waals surface area contributed by atoms with Crippen molar-refractivity contribution in [3.05, 3.63) is 78.4 Å². The fourth-order valence-corrected chi connectivity index (χ4v) is 2.26. The molecule has 7 heteroatoms. The van der Waals surface area contributed by atoms with Crippen LogP contribution < -0.4 is 21.3 Å². The van der Waals surface area contributed by atoms with Gasteiger partial charge in [-0.15, -0.1) is 6.58 Å². The standard InChI is InChI=1S/C20H22N4O3/c1-2-12-21-19(26)16-10-6-7-11-17(16)22-14-18(25)24-20(27)23-13-15-8-4-3-5-9-15/h2-11,22H,1,12-14H2,(H,21,26)(H2,23,24,25,27). The summed E-state index contributed by atoms with van der Waals surface area (Å²) in [6, 6.07) is 15.6. The molecule has 4 N–H and O–H groups in total. The van der Waals surface area contributed by atoms with E-state index in [1.54, 1.807) is 30.3 Å². The van der Waals surface area contributed by atoms with Gasteiger partial charge in [-0.05, 0) is 17.7 Å². The monoisotopic (exact) mass is 366 g/mol. The van der Waals surface area contributed by atoms with Crippen molar-refractivity contribution in [2.45, 2.75) is 6.54 Å². The third-order valence-electron chi connectivity index (χ3n) is 3.57. The summed E-state index contributed by atoms with van der Waals surface area (Å²) in [5.41, 5.74) is 1.83. The first kappa shape index (κ1) is 19.7. The van der Waals surface area contributed by atoms with E-state index in [-0.39, 0.29) is 12.5 Å². The highest BCUT2D eigenvalue weighted by molar-refractivity contribution is 6.01. The molecule has 0 aliphatic heterocycles. The van der Waals surface area contributed by atoms with Crippen LogP contribution in [0.4, 0.5) is 10.5 Å². The van der Waals surface area contributed by atoms with E-state index in [1.807, 2.05) is 30.3 Å². The van der Waals surface area contributed by atoms with Gasteiger partial charge in [-0.1, -0.05) is 48.5 Å². The summed E-state index contributed by atoms with van der Waals surface area (Å²) in [5, 5.41) is 10.4. The number of amides is 4. The van der Waals surface area contributed by atoms with Crippen molar-refractivity contribution in [1.82, 2.24) is 16.0 Å². The number of para-hydroxylation sites is 1. The first-order valence-corrected chi connectivity index (χ1v) is 8.43. The molecule has 0 spiro atoms. The number of rotatable bonds is 8. The lowest BCUT2D eigenvalue weighted by atomic mass is 10.1. The molecule has 0 bridgehead atoms. The van der Waals surface area contributed by atoms with Gasteiger partial charge in [-0.2, -0.15) is 0 Å². The van der Waals surface area contributed by atoms with E-state index >= 15 is 0 Å². The Hall–Kier alpha value is -3.61. The Morgan fingerprint density at radius 1 is 0.926 bits per heavy atom. The van der Waals surface area contributed by atoms with E-state index < -0.39 is 11.9 Å². The van der Waals surface area contributed by atoms with Gasteiger partial charge >= 0.3 is 6.03 Å². The molecule has 0 radical (unpaired) electrons. The average Bonchev–Trinajstić information content (AvgIpc) is 2.70. The maximum atomic E-state index is 12.1. The van der Waals surface area contributed by atoms with Crippen molar-refractivity contribution < 1.29 is 14.4 Å². The van der Waals surface area contributed by atoms with Crippen LogP contribution >= 0.6 is 0 Å². The summed E-state index contributed by atoms with van der Waals surface area (Å²) < 4.78 is 0. The minimum absolute atomic E-state index is 0.148. The predicted octanol–water partition coefficient (Wildman–Crippen LogP) is 2.04. The highest BCUT2D eigenvalue weighted by Gasteiger charge is 2.12. The van der Waals surface area contributed by atoms with Gasteiger partial charge in [-0.3, -0.25) is 14.9 Å². The molecule has 2 aromatic rings. The van der Waals surface area contributed by atoms with E-state index in [4.69, 9.17) is 0 Å². The fraction of sp³-hybridized carbons (Fsp3) is 0.150. The second-order valence-corrected chi connectivity index (χ2v) is 5.61. The molecule has 0 aliphatic carbocycles. The number of nitrogens with one attached hydrogen (secondary N) is 4. The van der Waals surface area contributed by atoms with Gasteiger partial charge in [0.2, 0.25) is 5.91 Å². The van der Waals surface area contributed by atoms with Gasteiger partial charge < -0.3 is 16.0 Å². The third kappa shape index (κ3) is 6.66. The highest BCUT2D eigenvalue weighted by Crippen LogP contribution is 2.14. The highest BCUT2D eigenvalue weighted by atomic mass is 16.2. The second kappa shape index (κ2) is 10.4. The molecule has 4 amide bonds. The smallest absolute Gasteiger partial charge is 0.321 e. The second-order valence-electron chi connectivity index (χ2n) is 5.61. The van der Waals surface area contributed by atoms with Gasteiger partial charge in [0.1, 0.15) is 0 Å². The maximum Gasteiger partial charge on any atom is 0.321 e. The average molecular weight is 366 g/mol. The summed E-state index contributed by atoms with van der Waals surface area (Å²) in [5.74, 6) is -0.791. The van der Waals surface area contributed by atoms with Crippen molar-refractivity contribution in [3.8, 4) is 0 Å². The minimum atomic E-state index is -0.581. The van der Waals surface area contributed by atoms with Gasteiger partial charge in [0.25, 0.3) is 5.91 Å². The Bertz CT molecular complexity index is 806. The third-order valence-corrected chi connectivity index (χ3v) is 3.57. The number of benzene rings is 2. The van der Waals surface area contributed by atoms with Crippen molar-refractivity contribution in [1.29, 1.82) is 0 Å². The largest absolute Gasteiger partial charge is 0.375 e. The number of hydrogen-bond acceptors (Lipinski definition) is 4. The molecule has 7 nitrogen and oxygen atoms in total. The Morgan fingerprint density at radius 3 is 2.37 bits per heavy atom. The quantitative estimate of drug-likeness (QED) is 0.537. The van der Waals surface area contributed by atoms with Crippen molar-refractivity contribution in [2.75, 3.05) is 18.4 Å². The molecule has 0 fully saturated rings. The molecule has 0 saturated heterocycles. The van der Waals surface area contributed by atoms with Gasteiger partial charge in [-0.25, -0.2) is 4.79 Å². The minimum Gasteiger partial charge on any atom is -0.375 e. The first-order chi connectivity index (χ1) is 13.1. The Kier molecular flexibility index (Phi) is 7.59. The van der Waals surface area contributed by atoms with Crippen LogP contribution in [0.2, 0.25) is 0 Å². The number of anilines is 1. The normalized spacial score (nSPS) is 9.78. The Balaban J connectivity index is 1.82. The molecule has 0 heterocycles. The molecular formula is C20H22N4O3. The molecular weight excluding hydrogens is 344 g/mol. The Morgan fingerprint density at radius 2 is 1.63 bits per heavy atom. The number of urea groups is 1. The molecule has 140 valence electrons. The lowest BCUT2D eigenvalue weighted by Crippen LogP contribution is -2.41. The molecule has 0 aliphatic rings. The molecule has 0 atom stereocenters. The van der Waals surface area contributed by atoms with Gasteiger partial charge in [0.05, 0.1) is 12.1 Å². The van der Waals surface area contributed by atoms with E-state index in [0.29, 0.717) is 24.3 Å². The maximum absolute atomic E-state index is 12.1. The van der Waals surface area contributed by atoms with Crippen LogP contribution in [-0.2, 0) is 11.3 Å². The number of carbonyl (C=O) groups is 3. The number of carbonyl (C=O) groups excluding carboxylic acids is 3. The number of hydrogen-bond donors (Lipinski definition) is 4. The molecule has 2 aromatic carbocycles. The van der Waals surface area contributed by atoms with Crippen LogP contribution in [0.25, 0.3) is 0 Å². The SMILES string of the molecule is C=CCNC(=O)c1ccccc1NCC(=O)NC(=O)NCc1ccccc1. The molecule has 0 unspecified atom stereocenters. The number of imide groups is 1. The lowest BCUT2D eigenvalue weighted by Gasteiger charge is -2.12. The Labute approximate surface area is 157 Å². The van der Waals surface area contributed by atoms with Crippen LogP contribution in [0.1, 0.15) is 15.9 Å². The van der Waals surface area contributed by atoms with E-state index in [0.717, 1.165) is 5.56 Å². The summed E-state index contributed by atoms with van der Waals surface area (Å²) in [7, 11) is 0. The summed E-state index contributed by atoms with van der Waals surface area (Å²) >= 11 is 0. The topological polar surface area (TPSA) is 99.3 Å². The van der Waals surface area contributed by atoms with Gasteiger partial charge in [0, 0.05) is 18.8 Å². The van der Waals surface area contributed by atoms with E-state index in [2.05, 4.69) is 27.8 Å². The van der Waals surface area contributed by atoms with Crippen molar-refractivity contribution in [2.24, 2.45) is 0 Å². The van der Waals surface area contributed by atoms with E-state index in [1.165, 1.54) is 0 Å². The van der Waals surface area contributed by atoms with Crippen LogP contribution in [-0.4, -0.2) is 30.9 Å². The fourth-order valence-electron chi connectivity index (χ4n) is 2.26. The molecule has 0 saturated carbocycles. The zero-order valence-corrected chi connectivity index (χ0v) is 14.8. The van der Waals surface area contributed by atoms with Crippen LogP contribution in [0.3, 0.4) is 0 Å². The molecule has 2 rings (SSSR count). The lowest BCUT2D eigenvalue weighted by molar-refractivity contribution is -0.118. The predicted molar refractivity (Wildman–Crippen MR) is 104 cm³/mol. The van der Waals surface area contributed by atoms with Crippen molar-refractivity contribution in [3.63, 3.8) is 0 Å². The van der Waals surface area contributed by atoms with E-state index in [9.17, 15) is 14.4 Å². The molecule has 0 aromatic heterocycles. The molecule has 27 heavy (non-hydrogen) atoms. The zero-order chi connectivity index (χ0) is 19.5. The van der Waals surface area contributed by atoms with Crippen LogP contribution in [0.15, 0.2) is 67.3 Å². The van der Waals surface area contributed by atoms with Gasteiger partial charge in [0.15, 0.2) is 0 Å². The summed E-state index contributed by atoms with van der Waals surface area (Å²) in [6.07, 6.45) is 1.58. The van der Waals surface area contributed by atoms with Crippen molar-refractivity contribution >= 4 is 23.5 Å². The first-order valence-electron chi connectivity index (χ1n) is 8.43. The summed E-state index contributed by atoms with van der Waals surface area (Å²) in [6.45, 7) is 4.06. The van der Waals surface area contributed by atoms with Crippen LogP contribution in [0, 0.1) is 0 Å². The zero-order valence-electron chi connectivity index (χ0n) is 14.8.